The SMILES string of the molecule is Cc1ccc(C(=O)c2ccccc2C(=O)N2CCCC2CC(=O)O)cc1C. The highest BCUT2D eigenvalue weighted by atomic mass is 16.4. The maximum absolute atomic E-state index is 13.1. The van der Waals surface area contributed by atoms with Crippen molar-refractivity contribution in [3.63, 3.8) is 0 Å². The van der Waals surface area contributed by atoms with Crippen molar-refractivity contribution < 1.29 is 19.5 Å². The van der Waals surface area contributed by atoms with Crippen LogP contribution in [0.15, 0.2) is 42.5 Å². The fourth-order valence-corrected chi connectivity index (χ4v) is 3.58. The van der Waals surface area contributed by atoms with Crippen LogP contribution >= 0.6 is 0 Å². The summed E-state index contributed by atoms with van der Waals surface area (Å²) in [6.45, 7) is 4.45. The van der Waals surface area contributed by atoms with Crippen LogP contribution in [0.4, 0.5) is 0 Å². The molecular weight excluding hydrogens is 342 g/mol. The Balaban J connectivity index is 1.93. The van der Waals surface area contributed by atoms with Gasteiger partial charge < -0.3 is 10.0 Å². The lowest BCUT2D eigenvalue weighted by atomic mass is 9.95. The molecule has 3 rings (SSSR count). The fourth-order valence-electron chi connectivity index (χ4n) is 3.58. The average Bonchev–Trinajstić information content (AvgIpc) is 3.10. The number of aryl methyl sites for hydroxylation is 2. The number of carbonyl (C=O) groups excluding carboxylic acids is 2. The smallest absolute Gasteiger partial charge is 0.305 e. The average molecular weight is 365 g/mol. The van der Waals surface area contributed by atoms with Gasteiger partial charge in [0.05, 0.1) is 12.0 Å². The van der Waals surface area contributed by atoms with Crippen molar-refractivity contribution in [3.05, 3.63) is 70.3 Å². The van der Waals surface area contributed by atoms with Crippen LogP contribution in [-0.4, -0.2) is 40.3 Å². The molecule has 0 radical (unpaired) electrons. The van der Waals surface area contributed by atoms with Crippen molar-refractivity contribution >= 4 is 17.7 Å². The molecule has 0 aliphatic carbocycles. The number of likely N-dealkylation sites (tertiary alicyclic amines) is 1. The molecule has 1 heterocycles. The number of amides is 1. The summed E-state index contributed by atoms with van der Waals surface area (Å²) in [4.78, 5) is 38.8. The Morgan fingerprint density at radius 3 is 2.41 bits per heavy atom. The van der Waals surface area contributed by atoms with E-state index in [0.29, 0.717) is 29.7 Å². The van der Waals surface area contributed by atoms with Gasteiger partial charge in [-0.25, -0.2) is 0 Å². The van der Waals surface area contributed by atoms with Crippen molar-refractivity contribution in [1.82, 2.24) is 4.90 Å². The first kappa shape index (κ1) is 18.8. The first-order valence-corrected chi connectivity index (χ1v) is 9.12. The number of rotatable bonds is 5. The van der Waals surface area contributed by atoms with Gasteiger partial charge >= 0.3 is 5.97 Å². The fraction of sp³-hybridized carbons (Fsp3) is 0.318. The molecule has 0 spiro atoms. The number of benzene rings is 2. The zero-order valence-electron chi connectivity index (χ0n) is 15.6. The normalized spacial score (nSPS) is 16.4. The van der Waals surface area contributed by atoms with Crippen molar-refractivity contribution in [3.8, 4) is 0 Å². The third kappa shape index (κ3) is 3.92. The van der Waals surface area contributed by atoms with Gasteiger partial charge in [-0.05, 0) is 49.9 Å². The molecule has 1 amide bonds. The first-order valence-electron chi connectivity index (χ1n) is 9.12. The lowest BCUT2D eigenvalue weighted by Crippen LogP contribution is -2.37. The van der Waals surface area contributed by atoms with E-state index in [9.17, 15) is 14.4 Å². The standard InChI is InChI=1S/C22H23NO4/c1-14-9-10-16(12-15(14)2)21(26)18-7-3-4-8-19(18)22(27)23-11-5-6-17(23)13-20(24)25/h3-4,7-10,12,17H,5-6,11,13H2,1-2H3,(H,24,25). The van der Waals surface area contributed by atoms with Crippen LogP contribution in [-0.2, 0) is 4.79 Å². The zero-order valence-corrected chi connectivity index (χ0v) is 15.6. The van der Waals surface area contributed by atoms with Crippen molar-refractivity contribution in [2.24, 2.45) is 0 Å². The van der Waals surface area contributed by atoms with E-state index in [2.05, 4.69) is 0 Å². The summed E-state index contributed by atoms with van der Waals surface area (Å²) in [6, 6.07) is 12.0. The molecule has 2 aromatic rings. The minimum Gasteiger partial charge on any atom is -0.481 e. The molecule has 2 aromatic carbocycles. The third-order valence-electron chi connectivity index (χ3n) is 5.22. The molecule has 1 N–H and O–H groups in total. The highest BCUT2D eigenvalue weighted by Crippen LogP contribution is 2.25. The molecule has 5 heteroatoms. The van der Waals surface area contributed by atoms with Crippen LogP contribution in [0.3, 0.4) is 0 Å². The molecule has 1 unspecified atom stereocenters. The number of carboxylic acids is 1. The quantitative estimate of drug-likeness (QED) is 0.822. The maximum Gasteiger partial charge on any atom is 0.305 e. The lowest BCUT2D eigenvalue weighted by molar-refractivity contribution is -0.137. The highest BCUT2D eigenvalue weighted by Gasteiger charge is 2.32. The summed E-state index contributed by atoms with van der Waals surface area (Å²) in [5, 5.41) is 9.09. The van der Waals surface area contributed by atoms with Gasteiger partial charge in [-0.1, -0.05) is 30.3 Å². The monoisotopic (exact) mass is 365 g/mol. The maximum atomic E-state index is 13.1. The molecule has 1 atom stereocenters. The summed E-state index contributed by atoms with van der Waals surface area (Å²) in [5.41, 5.74) is 3.35. The van der Waals surface area contributed by atoms with Crippen LogP contribution in [0.1, 0.15) is 56.7 Å². The van der Waals surface area contributed by atoms with Crippen molar-refractivity contribution in [2.45, 2.75) is 39.2 Å². The van der Waals surface area contributed by atoms with E-state index in [0.717, 1.165) is 17.5 Å². The largest absolute Gasteiger partial charge is 0.481 e. The second kappa shape index (κ2) is 7.74. The number of aliphatic carboxylic acids is 1. The van der Waals surface area contributed by atoms with Gasteiger partial charge in [0.15, 0.2) is 5.78 Å². The Morgan fingerprint density at radius 2 is 1.74 bits per heavy atom. The summed E-state index contributed by atoms with van der Waals surface area (Å²) < 4.78 is 0. The Kier molecular flexibility index (Phi) is 5.40. The molecule has 1 fully saturated rings. The van der Waals surface area contributed by atoms with Gasteiger partial charge in [0.2, 0.25) is 0 Å². The summed E-state index contributed by atoms with van der Waals surface area (Å²) in [6.07, 6.45) is 1.38. The predicted molar refractivity (Wildman–Crippen MR) is 102 cm³/mol. The van der Waals surface area contributed by atoms with E-state index in [-0.39, 0.29) is 24.2 Å². The predicted octanol–water partition coefficient (Wildman–Crippen LogP) is 3.61. The van der Waals surface area contributed by atoms with Gasteiger partial charge in [0.25, 0.3) is 5.91 Å². The van der Waals surface area contributed by atoms with Crippen LogP contribution in [0.5, 0.6) is 0 Å². The first-order chi connectivity index (χ1) is 12.9. The van der Waals surface area contributed by atoms with E-state index in [1.165, 1.54) is 0 Å². The molecule has 0 bridgehead atoms. The molecule has 1 saturated heterocycles. The van der Waals surface area contributed by atoms with E-state index >= 15 is 0 Å². The number of carbonyl (C=O) groups is 3. The lowest BCUT2D eigenvalue weighted by Gasteiger charge is -2.24. The van der Waals surface area contributed by atoms with Crippen molar-refractivity contribution in [1.29, 1.82) is 0 Å². The number of hydrogen-bond acceptors (Lipinski definition) is 3. The minimum atomic E-state index is -0.917. The second-order valence-corrected chi connectivity index (χ2v) is 7.07. The van der Waals surface area contributed by atoms with E-state index in [4.69, 9.17) is 5.11 Å². The van der Waals surface area contributed by atoms with Crippen molar-refractivity contribution in [2.75, 3.05) is 6.54 Å². The summed E-state index contributed by atoms with van der Waals surface area (Å²) in [7, 11) is 0. The number of carboxylic acid groups (broad SMARTS) is 1. The molecule has 0 saturated carbocycles. The Bertz CT molecular complexity index is 903. The third-order valence-corrected chi connectivity index (χ3v) is 5.22. The molecule has 1 aliphatic heterocycles. The molecule has 0 aromatic heterocycles. The van der Waals surface area contributed by atoms with Gasteiger partial charge in [0.1, 0.15) is 0 Å². The van der Waals surface area contributed by atoms with Crippen LogP contribution in [0.25, 0.3) is 0 Å². The van der Waals surface area contributed by atoms with E-state index in [1.807, 2.05) is 26.0 Å². The molecule has 5 nitrogen and oxygen atoms in total. The van der Waals surface area contributed by atoms with E-state index in [1.54, 1.807) is 35.2 Å². The molecular formula is C22H23NO4. The summed E-state index contributed by atoms with van der Waals surface area (Å²) in [5.74, 6) is -1.39. The Hall–Kier alpha value is -2.95. The number of hydrogen-bond donors (Lipinski definition) is 1. The van der Waals surface area contributed by atoms with Crippen LogP contribution < -0.4 is 0 Å². The minimum absolute atomic E-state index is 0.0704. The number of nitrogens with zero attached hydrogens (tertiary/aromatic N) is 1. The van der Waals surface area contributed by atoms with E-state index < -0.39 is 5.97 Å². The highest BCUT2D eigenvalue weighted by molar-refractivity contribution is 6.15. The van der Waals surface area contributed by atoms with Crippen LogP contribution in [0, 0.1) is 13.8 Å². The zero-order chi connectivity index (χ0) is 19.6. The van der Waals surface area contributed by atoms with Gasteiger partial charge in [0, 0.05) is 23.7 Å². The van der Waals surface area contributed by atoms with Gasteiger partial charge in [-0.2, -0.15) is 0 Å². The second-order valence-electron chi connectivity index (χ2n) is 7.07. The topological polar surface area (TPSA) is 74.7 Å². The number of ketones is 1. The Morgan fingerprint density at radius 1 is 1.04 bits per heavy atom. The summed E-state index contributed by atoms with van der Waals surface area (Å²) >= 11 is 0. The van der Waals surface area contributed by atoms with Gasteiger partial charge in [-0.15, -0.1) is 0 Å². The molecule has 140 valence electrons. The van der Waals surface area contributed by atoms with Crippen LogP contribution in [0.2, 0.25) is 0 Å². The molecule has 27 heavy (non-hydrogen) atoms. The Labute approximate surface area is 158 Å². The molecule has 1 aliphatic rings. The van der Waals surface area contributed by atoms with Gasteiger partial charge in [-0.3, -0.25) is 14.4 Å².